The van der Waals surface area contributed by atoms with Crippen LogP contribution in [0, 0.1) is 10.1 Å². The normalized spacial score (nSPS) is 22.6. The largest absolute Gasteiger partial charge is 0.382 e. The molecule has 0 aromatic carbocycles. The summed E-state index contributed by atoms with van der Waals surface area (Å²) >= 11 is 0. The molecule has 8 heteroatoms. The number of anilines is 1. The van der Waals surface area contributed by atoms with Crippen molar-refractivity contribution in [3.63, 3.8) is 0 Å². The van der Waals surface area contributed by atoms with Crippen LogP contribution in [0.4, 0.5) is 11.5 Å². The minimum Gasteiger partial charge on any atom is -0.382 e. The molecule has 8 nitrogen and oxygen atoms in total. The fourth-order valence-electron chi connectivity index (χ4n) is 2.83. The number of nitro groups is 1. The van der Waals surface area contributed by atoms with Crippen LogP contribution in [-0.4, -0.2) is 53.7 Å². The monoisotopic (exact) mass is 298 g/mol. The zero-order valence-electron chi connectivity index (χ0n) is 12.9. The maximum Gasteiger partial charge on any atom is 0.334 e. The Kier molecular flexibility index (Phi) is 4.79. The maximum absolute atomic E-state index is 11.4. The average Bonchev–Trinajstić information content (AvgIpc) is 2.75. The minimum atomic E-state index is -0.341. The molecule has 2 unspecified atom stereocenters. The average molecular weight is 298 g/mol. The molecule has 1 fully saturated rings. The molecule has 0 N–H and O–H groups in total. The predicted octanol–water partition coefficient (Wildman–Crippen LogP) is 1.13. The summed E-state index contributed by atoms with van der Waals surface area (Å²) in [4.78, 5) is 13.0. The van der Waals surface area contributed by atoms with Crippen molar-refractivity contribution in [3.05, 3.63) is 15.8 Å². The SMILES string of the molecule is CCc1nn(C)c(N2CC(C)OC(COC)C2)c1[N+](=O)[O-]. The van der Waals surface area contributed by atoms with Gasteiger partial charge in [0.2, 0.25) is 5.82 Å². The second kappa shape index (κ2) is 6.40. The Balaban J connectivity index is 2.36. The van der Waals surface area contributed by atoms with E-state index in [1.807, 2.05) is 18.7 Å². The van der Waals surface area contributed by atoms with Gasteiger partial charge in [0.25, 0.3) is 0 Å². The lowest BCUT2D eigenvalue weighted by atomic mass is 10.2. The molecule has 1 saturated heterocycles. The molecule has 1 aliphatic heterocycles. The summed E-state index contributed by atoms with van der Waals surface area (Å²) in [7, 11) is 3.36. The van der Waals surface area contributed by atoms with E-state index >= 15 is 0 Å². The van der Waals surface area contributed by atoms with Gasteiger partial charge in [-0.3, -0.25) is 10.1 Å². The maximum atomic E-state index is 11.4. The van der Waals surface area contributed by atoms with Gasteiger partial charge in [0.1, 0.15) is 5.69 Å². The highest BCUT2D eigenvalue weighted by Gasteiger charge is 2.34. The van der Waals surface area contributed by atoms with E-state index in [-0.39, 0.29) is 22.8 Å². The summed E-state index contributed by atoms with van der Waals surface area (Å²) in [6, 6.07) is 0. The van der Waals surface area contributed by atoms with Gasteiger partial charge >= 0.3 is 5.69 Å². The molecule has 2 rings (SSSR count). The van der Waals surface area contributed by atoms with E-state index in [0.29, 0.717) is 37.6 Å². The van der Waals surface area contributed by atoms with E-state index in [9.17, 15) is 10.1 Å². The number of methoxy groups -OCH3 is 1. The lowest BCUT2D eigenvalue weighted by Gasteiger charge is -2.37. The second-order valence-electron chi connectivity index (χ2n) is 5.28. The van der Waals surface area contributed by atoms with Crippen LogP contribution in [0.5, 0.6) is 0 Å². The fourth-order valence-corrected chi connectivity index (χ4v) is 2.83. The predicted molar refractivity (Wildman–Crippen MR) is 77.7 cm³/mol. The summed E-state index contributed by atoms with van der Waals surface area (Å²) in [5.41, 5.74) is 0.616. The van der Waals surface area contributed by atoms with Crippen molar-refractivity contribution >= 4 is 11.5 Å². The number of nitrogens with zero attached hydrogens (tertiary/aromatic N) is 4. The molecule has 118 valence electrons. The van der Waals surface area contributed by atoms with Gasteiger partial charge in [0, 0.05) is 27.2 Å². The van der Waals surface area contributed by atoms with Crippen LogP contribution in [0.3, 0.4) is 0 Å². The standard InChI is InChI=1S/C13H22N4O4/c1-5-11-12(17(18)19)13(15(3)14-11)16-6-9(2)21-10(7-16)8-20-4/h9-10H,5-8H2,1-4H3. The third-order valence-electron chi connectivity index (χ3n) is 3.56. The summed E-state index contributed by atoms with van der Waals surface area (Å²) in [5.74, 6) is 0.549. The van der Waals surface area contributed by atoms with E-state index in [1.54, 1.807) is 18.8 Å². The quantitative estimate of drug-likeness (QED) is 0.598. The first kappa shape index (κ1) is 15.7. The smallest absolute Gasteiger partial charge is 0.334 e. The number of aromatic nitrogens is 2. The molecule has 2 heterocycles. The molecule has 0 bridgehead atoms. The number of morpholine rings is 1. The van der Waals surface area contributed by atoms with Crippen molar-refractivity contribution in [2.45, 2.75) is 32.5 Å². The third-order valence-corrected chi connectivity index (χ3v) is 3.56. The Morgan fingerprint density at radius 3 is 2.81 bits per heavy atom. The van der Waals surface area contributed by atoms with E-state index in [0.717, 1.165) is 0 Å². The van der Waals surface area contributed by atoms with Crippen molar-refractivity contribution in [1.82, 2.24) is 9.78 Å². The van der Waals surface area contributed by atoms with Gasteiger partial charge in [0.05, 0.1) is 23.7 Å². The Hall–Kier alpha value is -1.67. The van der Waals surface area contributed by atoms with Crippen LogP contribution in [0.1, 0.15) is 19.5 Å². The Morgan fingerprint density at radius 2 is 2.24 bits per heavy atom. The number of hydrogen-bond acceptors (Lipinski definition) is 6. The molecule has 1 aromatic heterocycles. The van der Waals surface area contributed by atoms with Crippen LogP contribution in [0.25, 0.3) is 0 Å². The topological polar surface area (TPSA) is 82.7 Å². The van der Waals surface area contributed by atoms with E-state index < -0.39 is 0 Å². The summed E-state index contributed by atoms with van der Waals surface area (Å²) in [5, 5.41) is 15.7. The van der Waals surface area contributed by atoms with Crippen molar-refractivity contribution in [2.75, 3.05) is 31.7 Å². The van der Waals surface area contributed by atoms with Crippen LogP contribution in [0.2, 0.25) is 0 Å². The Morgan fingerprint density at radius 1 is 1.52 bits per heavy atom. The minimum absolute atomic E-state index is 0.0153. The number of rotatable bonds is 5. The molecule has 2 atom stereocenters. The highest BCUT2D eigenvalue weighted by Crippen LogP contribution is 2.33. The first-order valence-electron chi connectivity index (χ1n) is 7.07. The number of ether oxygens (including phenoxy) is 2. The van der Waals surface area contributed by atoms with Gasteiger partial charge in [-0.25, -0.2) is 4.68 Å². The lowest BCUT2D eigenvalue weighted by molar-refractivity contribution is -0.384. The molecular weight excluding hydrogens is 276 g/mol. The third kappa shape index (κ3) is 3.16. The number of aryl methyl sites for hydroxylation is 2. The summed E-state index contributed by atoms with van der Waals surface area (Å²) in [6.07, 6.45) is 0.419. The first-order valence-corrected chi connectivity index (χ1v) is 7.07. The van der Waals surface area contributed by atoms with Crippen LogP contribution >= 0.6 is 0 Å². The molecule has 1 aromatic rings. The van der Waals surface area contributed by atoms with E-state index in [2.05, 4.69) is 5.10 Å². The lowest BCUT2D eigenvalue weighted by Crippen LogP contribution is -2.49. The van der Waals surface area contributed by atoms with Crippen LogP contribution in [-0.2, 0) is 22.9 Å². The molecule has 1 aliphatic rings. The first-order chi connectivity index (χ1) is 9.97. The van der Waals surface area contributed by atoms with Crippen molar-refractivity contribution in [2.24, 2.45) is 7.05 Å². The Bertz CT molecular complexity index is 517. The highest BCUT2D eigenvalue weighted by molar-refractivity contribution is 5.62. The fraction of sp³-hybridized carbons (Fsp3) is 0.769. The molecule has 0 saturated carbocycles. The molecule has 0 aliphatic carbocycles. The van der Waals surface area contributed by atoms with Gasteiger partial charge in [-0.1, -0.05) is 6.92 Å². The van der Waals surface area contributed by atoms with Crippen molar-refractivity contribution < 1.29 is 14.4 Å². The van der Waals surface area contributed by atoms with Crippen LogP contribution in [0.15, 0.2) is 0 Å². The van der Waals surface area contributed by atoms with E-state index in [1.165, 1.54) is 0 Å². The molecule has 0 spiro atoms. The molecule has 0 amide bonds. The van der Waals surface area contributed by atoms with Gasteiger partial charge < -0.3 is 14.4 Å². The molecular formula is C13H22N4O4. The zero-order chi connectivity index (χ0) is 15.6. The summed E-state index contributed by atoms with van der Waals surface area (Å²) < 4.78 is 12.5. The van der Waals surface area contributed by atoms with Gasteiger partial charge in [-0.2, -0.15) is 5.10 Å². The van der Waals surface area contributed by atoms with Crippen molar-refractivity contribution in [3.8, 4) is 0 Å². The van der Waals surface area contributed by atoms with E-state index in [4.69, 9.17) is 9.47 Å². The molecule has 0 radical (unpaired) electrons. The Labute approximate surface area is 123 Å². The zero-order valence-corrected chi connectivity index (χ0v) is 12.9. The highest BCUT2D eigenvalue weighted by atomic mass is 16.6. The molecule has 21 heavy (non-hydrogen) atoms. The van der Waals surface area contributed by atoms with Gasteiger partial charge in [-0.15, -0.1) is 0 Å². The van der Waals surface area contributed by atoms with Gasteiger partial charge in [-0.05, 0) is 13.3 Å². The van der Waals surface area contributed by atoms with Crippen molar-refractivity contribution in [1.29, 1.82) is 0 Å². The van der Waals surface area contributed by atoms with Gasteiger partial charge in [0.15, 0.2) is 0 Å². The van der Waals surface area contributed by atoms with Crippen LogP contribution < -0.4 is 4.90 Å². The summed E-state index contributed by atoms with van der Waals surface area (Å²) in [6.45, 7) is 5.45. The number of hydrogen-bond donors (Lipinski definition) is 0. The second-order valence-corrected chi connectivity index (χ2v) is 5.28.